The van der Waals surface area contributed by atoms with E-state index in [1.807, 2.05) is 0 Å². The third-order valence-corrected chi connectivity index (χ3v) is 0.500. The average molecular weight is 178 g/mol. The molecule has 0 aliphatic rings. The van der Waals surface area contributed by atoms with Crippen LogP contribution < -0.4 is 0 Å². The molecule has 0 aromatic heterocycles. The second-order valence-corrected chi connectivity index (χ2v) is 1.52. The summed E-state index contributed by atoms with van der Waals surface area (Å²) in [5.41, 5.74) is 0. The van der Waals surface area contributed by atoms with E-state index < -0.39 is 5.97 Å². The second kappa shape index (κ2) is 34.8. The molecule has 74 valence electrons. The Kier molecular flexibility index (Phi) is 101. The first-order valence-corrected chi connectivity index (χ1v) is 2.84. The van der Waals surface area contributed by atoms with E-state index in [-0.39, 0.29) is 14.1 Å². The molecule has 0 rings (SSSR count). The fraction of sp³-hybridized carbons (Fsp3) is 0.833. The lowest BCUT2D eigenvalue weighted by molar-refractivity contribution is -0.134. The van der Waals surface area contributed by atoms with Gasteiger partial charge in [-0.1, -0.05) is 26.7 Å². The normalized spacial score (nSPS) is 5.00. The number of hydrogen-bond donors (Lipinski definition) is 1. The smallest absolute Gasteiger partial charge is 0.300 e. The summed E-state index contributed by atoms with van der Waals surface area (Å²) in [5.74, 6) is -0.833. The Morgan fingerprint density at radius 1 is 1.09 bits per heavy atom. The second-order valence-electron chi connectivity index (χ2n) is 1.52. The van der Waals surface area contributed by atoms with E-state index in [0.29, 0.717) is 0 Å². The monoisotopic (exact) mass is 178 g/mol. The zero-order chi connectivity index (χ0) is 6.99. The molecule has 0 unspecified atom stereocenters. The van der Waals surface area contributed by atoms with Gasteiger partial charge in [-0.2, -0.15) is 0 Å². The number of hydrogen-bond acceptors (Lipinski definition) is 1. The van der Waals surface area contributed by atoms with Gasteiger partial charge in [0.05, 0.1) is 0 Å². The Hall–Kier alpha value is -0.740. The third-order valence-electron chi connectivity index (χ3n) is 0.500. The maximum absolute atomic E-state index is 9.00. The van der Waals surface area contributed by atoms with Crippen LogP contribution in [0, 0.1) is 0 Å². The molecule has 0 aliphatic heterocycles. The Bertz CT molecular complexity index is 53.8. The first kappa shape index (κ1) is 31.8. The highest BCUT2D eigenvalue weighted by atomic mass is 19.0. The first-order valence-electron chi connectivity index (χ1n) is 2.84. The van der Waals surface area contributed by atoms with Gasteiger partial charge in [0.1, 0.15) is 0 Å². The van der Waals surface area contributed by atoms with Gasteiger partial charge < -0.3 is 5.11 Å². The number of carboxylic acid groups (broad SMARTS) is 1. The van der Waals surface area contributed by atoms with Crippen LogP contribution in [0.15, 0.2) is 0 Å². The lowest BCUT2D eigenvalue weighted by atomic mass is 10.4. The summed E-state index contributed by atoms with van der Waals surface area (Å²) in [6.45, 7) is 5.44. The predicted molar refractivity (Wildman–Crippen MR) is 41.4 cm³/mol. The Morgan fingerprint density at radius 2 is 1.18 bits per heavy atom. The molecule has 0 saturated heterocycles. The summed E-state index contributed by atoms with van der Waals surface area (Å²) in [6, 6.07) is 0. The molecule has 0 aliphatic carbocycles. The maximum atomic E-state index is 9.00. The van der Waals surface area contributed by atoms with E-state index in [9.17, 15) is 0 Å². The third kappa shape index (κ3) is 7220. The van der Waals surface area contributed by atoms with Gasteiger partial charge in [-0.25, -0.2) is 0 Å². The summed E-state index contributed by atoms with van der Waals surface area (Å²) in [5, 5.41) is 7.42. The van der Waals surface area contributed by atoms with Gasteiger partial charge in [-0.15, -0.1) is 0 Å². The summed E-state index contributed by atoms with van der Waals surface area (Å²) in [7, 11) is 0. The Balaban J connectivity index is -0.0000000171. The van der Waals surface area contributed by atoms with Crippen molar-refractivity contribution in [2.45, 2.75) is 33.6 Å². The van der Waals surface area contributed by atoms with E-state index in [4.69, 9.17) is 9.90 Å². The molecule has 0 radical (unpaired) electrons. The van der Waals surface area contributed by atoms with Gasteiger partial charge in [0.15, 0.2) is 0 Å². The standard InChI is InChI=1S/C4H10.C2H4O2.3FH/c1-3-4-2;1-2(3)4;;;/h3-4H2,1-2H3;1H3,(H,3,4);3*1H. The highest BCUT2D eigenvalue weighted by molar-refractivity contribution is 5.62. The zero-order valence-electron chi connectivity index (χ0n) is 6.99. The molecule has 0 saturated carbocycles. The fourth-order valence-electron chi connectivity index (χ4n) is 0. The molecular weight excluding hydrogens is 161 g/mol. The molecule has 0 aromatic carbocycles. The van der Waals surface area contributed by atoms with Crippen molar-refractivity contribution in [3.05, 3.63) is 0 Å². The van der Waals surface area contributed by atoms with E-state index >= 15 is 0 Å². The summed E-state index contributed by atoms with van der Waals surface area (Å²) >= 11 is 0. The molecule has 0 heterocycles. The number of rotatable bonds is 1. The van der Waals surface area contributed by atoms with Crippen LogP contribution in [0.3, 0.4) is 0 Å². The van der Waals surface area contributed by atoms with Crippen molar-refractivity contribution in [2.24, 2.45) is 0 Å². The fourth-order valence-corrected chi connectivity index (χ4v) is 0. The van der Waals surface area contributed by atoms with Crippen molar-refractivity contribution in [3.63, 3.8) is 0 Å². The van der Waals surface area contributed by atoms with Gasteiger partial charge >= 0.3 is 0 Å². The average Bonchev–Trinajstić information content (AvgIpc) is 1.65. The lowest BCUT2D eigenvalue weighted by Gasteiger charge is -1.68. The lowest BCUT2D eigenvalue weighted by Crippen LogP contribution is -1.78. The number of carbonyl (C=O) groups is 1. The maximum Gasteiger partial charge on any atom is 0.300 e. The minimum atomic E-state index is -0.833. The summed E-state index contributed by atoms with van der Waals surface area (Å²) in [4.78, 5) is 9.00. The number of unbranched alkanes of at least 4 members (excludes halogenated alkanes) is 1. The Labute approximate surface area is 64.7 Å². The molecule has 0 atom stereocenters. The van der Waals surface area contributed by atoms with Gasteiger partial charge in [-0.3, -0.25) is 18.9 Å². The van der Waals surface area contributed by atoms with Gasteiger partial charge in [0.25, 0.3) is 5.97 Å². The van der Waals surface area contributed by atoms with E-state index in [2.05, 4.69) is 13.8 Å². The molecule has 0 bridgehead atoms. The predicted octanol–water partition coefficient (Wildman–Crippen LogP) is 2.35. The van der Waals surface area contributed by atoms with Crippen molar-refractivity contribution in [3.8, 4) is 0 Å². The molecule has 1 N–H and O–H groups in total. The van der Waals surface area contributed by atoms with Crippen LogP contribution >= 0.6 is 0 Å². The van der Waals surface area contributed by atoms with Crippen LogP contribution in [0.2, 0.25) is 0 Å². The molecule has 0 spiro atoms. The van der Waals surface area contributed by atoms with Crippen molar-refractivity contribution in [2.75, 3.05) is 0 Å². The molecule has 2 nitrogen and oxygen atoms in total. The van der Waals surface area contributed by atoms with Crippen LogP contribution in [0.5, 0.6) is 0 Å². The topological polar surface area (TPSA) is 37.3 Å². The first-order chi connectivity index (χ1) is 3.65. The molecule has 5 heteroatoms. The van der Waals surface area contributed by atoms with E-state index in [1.165, 1.54) is 12.8 Å². The van der Waals surface area contributed by atoms with Crippen molar-refractivity contribution < 1.29 is 24.0 Å². The largest absolute Gasteiger partial charge is 0.481 e. The summed E-state index contributed by atoms with van der Waals surface area (Å²) < 4.78 is 0. The molecule has 0 aromatic rings. The Morgan fingerprint density at radius 3 is 1.18 bits per heavy atom. The zero-order valence-corrected chi connectivity index (χ0v) is 6.99. The van der Waals surface area contributed by atoms with Crippen LogP contribution in [0.1, 0.15) is 33.6 Å². The minimum absolute atomic E-state index is 0. The number of aliphatic carboxylic acids is 1. The van der Waals surface area contributed by atoms with Crippen LogP contribution in [0.4, 0.5) is 14.1 Å². The van der Waals surface area contributed by atoms with Gasteiger partial charge in [0.2, 0.25) is 0 Å². The molecule has 11 heavy (non-hydrogen) atoms. The SMILES string of the molecule is CC(=O)O.CCCC.F.F.F. The molecule has 0 amide bonds. The minimum Gasteiger partial charge on any atom is -0.481 e. The van der Waals surface area contributed by atoms with Crippen molar-refractivity contribution in [1.29, 1.82) is 0 Å². The van der Waals surface area contributed by atoms with E-state index in [1.54, 1.807) is 0 Å². The van der Waals surface area contributed by atoms with Gasteiger partial charge in [-0.05, 0) is 0 Å². The van der Waals surface area contributed by atoms with Gasteiger partial charge in [0, 0.05) is 6.92 Å². The highest BCUT2D eigenvalue weighted by Crippen LogP contribution is 1.76. The quantitative estimate of drug-likeness (QED) is 0.669. The van der Waals surface area contributed by atoms with Crippen molar-refractivity contribution in [1.82, 2.24) is 0 Å². The van der Waals surface area contributed by atoms with Crippen LogP contribution in [0.25, 0.3) is 0 Å². The van der Waals surface area contributed by atoms with Crippen LogP contribution in [-0.2, 0) is 4.79 Å². The molecule has 0 fully saturated rings. The number of halogens is 3. The number of carboxylic acids is 1. The van der Waals surface area contributed by atoms with Crippen molar-refractivity contribution >= 4 is 5.97 Å². The van der Waals surface area contributed by atoms with E-state index in [0.717, 1.165) is 6.92 Å². The summed E-state index contributed by atoms with van der Waals surface area (Å²) in [6.07, 6.45) is 2.64. The highest BCUT2D eigenvalue weighted by Gasteiger charge is 1.65. The van der Waals surface area contributed by atoms with Crippen LogP contribution in [-0.4, -0.2) is 11.1 Å². The molecular formula is C6H17F3O2.